The second kappa shape index (κ2) is 8.09. The Morgan fingerprint density at radius 1 is 1.22 bits per heavy atom. The molecule has 1 rings (SSSR count). The number of unbranched alkanes of at least 4 members (excludes halogenated alkanes) is 2. The number of hydrogen-bond acceptors (Lipinski definition) is 1. The minimum Gasteiger partial charge on any atom is -0.345 e. The number of benzene rings is 1. The van der Waals surface area contributed by atoms with E-state index in [9.17, 15) is 9.18 Å². The van der Waals surface area contributed by atoms with Crippen molar-refractivity contribution in [3.8, 4) is 0 Å². The maximum atomic E-state index is 12.7. The molecule has 0 saturated heterocycles. The average molecular weight is 272 g/mol. The highest BCUT2D eigenvalue weighted by molar-refractivity contribution is 6.17. The van der Waals surface area contributed by atoms with Gasteiger partial charge in [0.25, 0.3) is 0 Å². The van der Waals surface area contributed by atoms with E-state index in [4.69, 9.17) is 11.6 Å². The Morgan fingerprint density at radius 3 is 2.50 bits per heavy atom. The monoisotopic (exact) mass is 271 g/mol. The molecule has 0 aliphatic heterocycles. The predicted molar refractivity (Wildman–Crippen MR) is 72.3 cm³/mol. The van der Waals surface area contributed by atoms with Gasteiger partial charge in [0.05, 0.1) is 6.42 Å². The van der Waals surface area contributed by atoms with Gasteiger partial charge in [-0.3, -0.25) is 4.79 Å². The quantitative estimate of drug-likeness (QED) is 0.551. The Kier molecular flexibility index (Phi) is 6.73. The minimum atomic E-state index is -0.277. The standard InChI is InChI=1S/C14H19ClFNO/c1-17(10-4-2-3-9-15)14(18)11-12-5-7-13(16)8-6-12/h5-8H,2-4,9-11H2,1H3. The number of hydrogen-bond donors (Lipinski definition) is 0. The van der Waals surface area contributed by atoms with Crippen LogP contribution < -0.4 is 0 Å². The van der Waals surface area contributed by atoms with Gasteiger partial charge in [0.15, 0.2) is 0 Å². The van der Waals surface area contributed by atoms with Gasteiger partial charge in [-0.1, -0.05) is 18.6 Å². The Morgan fingerprint density at radius 2 is 1.89 bits per heavy atom. The lowest BCUT2D eigenvalue weighted by molar-refractivity contribution is -0.129. The summed E-state index contributed by atoms with van der Waals surface area (Å²) in [6.07, 6.45) is 3.32. The minimum absolute atomic E-state index is 0.0625. The van der Waals surface area contributed by atoms with Crippen LogP contribution in [0.5, 0.6) is 0 Å². The van der Waals surface area contributed by atoms with Crippen LogP contribution in [-0.2, 0) is 11.2 Å². The van der Waals surface area contributed by atoms with Crippen molar-refractivity contribution in [1.29, 1.82) is 0 Å². The molecule has 0 bridgehead atoms. The van der Waals surface area contributed by atoms with E-state index in [-0.39, 0.29) is 11.7 Å². The zero-order chi connectivity index (χ0) is 13.4. The molecular weight excluding hydrogens is 253 g/mol. The molecular formula is C14H19ClFNO. The Bertz CT molecular complexity index is 367. The molecule has 2 nitrogen and oxygen atoms in total. The molecule has 0 aliphatic carbocycles. The molecule has 18 heavy (non-hydrogen) atoms. The van der Waals surface area contributed by atoms with E-state index in [0.29, 0.717) is 12.3 Å². The molecule has 0 heterocycles. The van der Waals surface area contributed by atoms with Crippen molar-refractivity contribution in [3.05, 3.63) is 35.6 Å². The number of carbonyl (C=O) groups excluding carboxylic acids is 1. The van der Waals surface area contributed by atoms with Crippen LogP contribution in [0.3, 0.4) is 0 Å². The van der Waals surface area contributed by atoms with E-state index in [1.54, 1.807) is 24.1 Å². The summed E-state index contributed by atoms with van der Waals surface area (Å²) in [7, 11) is 1.80. The third kappa shape index (κ3) is 5.50. The molecule has 0 aliphatic rings. The number of carbonyl (C=O) groups is 1. The van der Waals surface area contributed by atoms with Crippen molar-refractivity contribution in [3.63, 3.8) is 0 Å². The molecule has 1 amide bonds. The lowest BCUT2D eigenvalue weighted by atomic mass is 10.1. The third-order valence-corrected chi connectivity index (χ3v) is 3.09. The summed E-state index contributed by atoms with van der Waals surface area (Å²) in [5.41, 5.74) is 0.842. The summed E-state index contributed by atoms with van der Waals surface area (Å²) in [5, 5.41) is 0. The molecule has 0 atom stereocenters. The first-order valence-electron chi connectivity index (χ1n) is 6.18. The van der Waals surface area contributed by atoms with Gasteiger partial charge in [-0.2, -0.15) is 0 Å². The fourth-order valence-corrected chi connectivity index (χ4v) is 1.85. The van der Waals surface area contributed by atoms with Gasteiger partial charge in [-0.05, 0) is 30.5 Å². The molecule has 0 saturated carbocycles. The highest BCUT2D eigenvalue weighted by Gasteiger charge is 2.09. The predicted octanol–water partition coefficient (Wildman–Crippen LogP) is 3.24. The molecule has 0 unspecified atom stereocenters. The van der Waals surface area contributed by atoms with E-state index >= 15 is 0 Å². The van der Waals surface area contributed by atoms with Gasteiger partial charge in [-0.15, -0.1) is 11.6 Å². The maximum Gasteiger partial charge on any atom is 0.226 e. The van der Waals surface area contributed by atoms with Crippen LogP contribution in [-0.4, -0.2) is 30.3 Å². The van der Waals surface area contributed by atoms with E-state index < -0.39 is 0 Å². The zero-order valence-corrected chi connectivity index (χ0v) is 11.4. The second-order valence-electron chi connectivity index (χ2n) is 4.37. The SMILES string of the molecule is CN(CCCCCCl)C(=O)Cc1ccc(F)cc1. The number of rotatable bonds is 7. The Hall–Kier alpha value is -1.09. The van der Waals surface area contributed by atoms with Crippen LogP contribution in [0, 0.1) is 5.82 Å². The summed E-state index contributed by atoms with van der Waals surface area (Å²) in [6.45, 7) is 0.747. The van der Waals surface area contributed by atoms with Crippen LogP contribution >= 0.6 is 11.6 Å². The number of halogens is 2. The number of nitrogens with zero attached hydrogens (tertiary/aromatic N) is 1. The fourth-order valence-electron chi connectivity index (χ4n) is 1.66. The van der Waals surface area contributed by atoms with Gasteiger partial charge >= 0.3 is 0 Å². The van der Waals surface area contributed by atoms with Crippen molar-refractivity contribution in [1.82, 2.24) is 4.90 Å². The van der Waals surface area contributed by atoms with Crippen LogP contribution in [0.2, 0.25) is 0 Å². The van der Waals surface area contributed by atoms with Crippen molar-refractivity contribution in [2.24, 2.45) is 0 Å². The van der Waals surface area contributed by atoms with Gasteiger partial charge in [-0.25, -0.2) is 4.39 Å². The average Bonchev–Trinajstić information content (AvgIpc) is 2.37. The molecule has 0 fully saturated rings. The summed E-state index contributed by atoms with van der Waals surface area (Å²) < 4.78 is 12.7. The van der Waals surface area contributed by atoms with Crippen LogP contribution in [0.4, 0.5) is 4.39 Å². The van der Waals surface area contributed by atoms with Crippen molar-refractivity contribution in [2.75, 3.05) is 19.5 Å². The maximum absolute atomic E-state index is 12.7. The highest BCUT2D eigenvalue weighted by atomic mass is 35.5. The highest BCUT2D eigenvalue weighted by Crippen LogP contribution is 2.06. The summed E-state index contributed by atoms with van der Waals surface area (Å²) >= 11 is 5.59. The summed E-state index contributed by atoms with van der Waals surface area (Å²) in [5.74, 6) is 0.459. The Balaban J connectivity index is 2.33. The first-order valence-corrected chi connectivity index (χ1v) is 6.71. The van der Waals surface area contributed by atoms with Gasteiger partial charge in [0, 0.05) is 19.5 Å². The molecule has 0 radical (unpaired) electrons. The van der Waals surface area contributed by atoms with Crippen LogP contribution in [0.1, 0.15) is 24.8 Å². The molecule has 0 N–H and O–H groups in total. The van der Waals surface area contributed by atoms with Crippen LogP contribution in [0.15, 0.2) is 24.3 Å². The van der Waals surface area contributed by atoms with Gasteiger partial charge < -0.3 is 4.90 Å². The molecule has 0 aromatic heterocycles. The number of likely N-dealkylation sites (N-methyl/N-ethyl adjacent to an activating group) is 1. The molecule has 0 spiro atoms. The van der Waals surface area contributed by atoms with E-state index in [0.717, 1.165) is 31.4 Å². The van der Waals surface area contributed by atoms with Crippen molar-refractivity contribution >= 4 is 17.5 Å². The second-order valence-corrected chi connectivity index (χ2v) is 4.75. The van der Waals surface area contributed by atoms with E-state index in [2.05, 4.69) is 0 Å². The normalized spacial score (nSPS) is 10.4. The zero-order valence-electron chi connectivity index (χ0n) is 10.7. The van der Waals surface area contributed by atoms with Crippen molar-refractivity contribution < 1.29 is 9.18 Å². The van der Waals surface area contributed by atoms with Gasteiger partial charge in [0.1, 0.15) is 5.82 Å². The number of amides is 1. The van der Waals surface area contributed by atoms with Gasteiger partial charge in [0.2, 0.25) is 5.91 Å². The first-order chi connectivity index (χ1) is 8.63. The molecule has 1 aromatic carbocycles. The first kappa shape index (κ1) is 15.0. The largest absolute Gasteiger partial charge is 0.345 e. The fraction of sp³-hybridized carbons (Fsp3) is 0.500. The Labute approximate surface area is 113 Å². The topological polar surface area (TPSA) is 20.3 Å². The van der Waals surface area contributed by atoms with Crippen LogP contribution in [0.25, 0.3) is 0 Å². The number of alkyl halides is 1. The molecule has 4 heteroatoms. The summed E-state index contributed by atoms with van der Waals surface area (Å²) in [6, 6.07) is 6.05. The van der Waals surface area contributed by atoms with E-state index in [1.807, 2.05) is 0 Å². The molecule has 1 aromatic rings. The lowest BCUT2D eigenvalue weighted by Crippen LogP contribution is -2.29. The lowest BCUT2D eigenvalue weighted by Gasteiger charge is -2.17. The van der Waals surface area contributed by atoms with Crippen molar-refractivity contribution in [2.45, 2.75) is 25.7 Å². The molecule has 100 valence electrons. The smallest absolute Gasteiger partial charge is 0.226 e. The third-order valence-electron chi connectivity index (χ3n) is 2.82. The van der Waals surface area contributed by atoms with E-state index in [1.165, 1.54) is 12.1 Å². The summed E-state index contributed by atoms with van der Waals surface area (Å²) in [4.78, 5) is 13.6.